The van der Waals surface area contributed by atoms with Crippen molar-refractivity contribution < 1.29 is 19.0 Å². The SMILES string of the molecule is OCC(O)CN1CC=C(c2cc3c(-c4cccc(F)c4F)ccnc3[nH]2)CC1. The van der Waals surface area contributed by atoms with Crippen LogP contribution in [0.15, 0.2) is 42.6 Å². The predicted molar refractivity (Wildman–Crippen MR) is 104 cm³/mol. The van der Waals surface area contributed by atoms with Crippen LogP contribution < -0.4 is 0 Å². The van der Waals surface area contributed by atoms with Crippen molar-refractivity contribution in [3.8, 4) is 11.1 Å². The van der Waals surface area contributed by atoms with E-state index in [1.165, 1.54) is 6.07 Å². The Hall–Kier alpha value is -2.61. The van der Waals surface area contributed by atoms with Crippen LogP contribution in [0.5, 0.6) is 0 Å². The van der Waals surface area contributed by atoms with Gasteiger partial charge in [0.2, 0.25) is 0 Å². The van der Waals surface area contributed by atoms with E-state index in [1.807, 2.05) is 6.07 Å². The van der Waals surface area contributed by atoms with Crippen molar-refractivity contribution in [3.05, 3.63) is 59.9 Å². The first-order valence-corrected chi connectivity index (χ1v) is 9.19. The number of H-pyrrole nitrogens is 1. The second kappa shape index (κ2) is 7.79. The second-order valence-electron chi connectivity index (χ2n) is 6.98. The first-order chi connectivity index (χ1) is 13.6. The molecular formula is C21H21F2N3O2. The first kappa shape index (κ1) is 18.7. The van der Waals surface area contributed by atoms with Gasteiger partial charge >= 0.3 is 0 Å². The van der Waals surface area contributed by atoms with E-state index in [2.05, 4.69) is 20.9 Å². The van der Waals surface area contributed by atoms with Crippen molar-refractivity contribution in [2.45, 2.75) is 12.5 Å². The average molecular weight is 385 g/mol. The van der Waals surface area contributed by atoms with Crippen LogP contribution >= 0.6 is 0 Å². The number of aromatic amines is 1. The molecule has 1 aliphatic heterocycles. The first-order valence-electron chi connectivity index (χ1n) is 9.19. The molecule has 0 aliphatic carbocycles. The van der Waals surface area contributed by atoms with E-state index >= 15 is 0 Å². The molecule has 1 unspecified atom stereocenters. The summed E-state index contributed by atoms with van der Waals surface area (Å²) in [6, 6.07) is 7.76. The smallest absolute Gasteiger partial charge is 0.166 e. The molecule has 3 aromatic rings. The molecule has 3 N–H and O–H groups in total. The molecule has 0 spiro atoms. The zero-order chi connectivity index (χ0) is 19.7. The highest BCUT2D eigenvalue weighted by atomic mass is 19.2. The lowest BCUT2D eigenvalue weighted by Crippen LogP contribution is -2.37. The molecule has 2 aromatic heterocycles. The third-order valence-electron chi connectivity index (χ3n) is 5.09. The lowest BCUT2D eigenvalue weighted by molar-refractivity contribution is 0.0623. The third kappa shape index (κ3) is 3.56. The lowest BCUT2D eigenvalue weighted by Gasteiger charge is -2.27. The number of halogens is 2. The Balaban J connectivity index is 1.65. The Morgan fingerprint density at radius 3 is 2.82 bits per heavy atom. The maximum absolute atomic E-state index is 14.3. The summed E-state index contributed by atoms with van der Waals surface area (Å²) in [5.74, 6) is -1.74. The summed E-state index contributed by atoms with van der Waals surface area (Å²) in [5.41, 5.74) is 3.43. The van der Waals surface area contributed by atoms with Gasteiger partial charge in [0.1, 0.15) is 5.65 Å². The van der Waals surface area contributed by atoms with Crippen molar-refractivity contribution in [2.24, 2.45) is 0 Å². The zero-order valence-electron chi connectivity index (χ0n) is 15.2. The van der Waals surface area contributed by atoms with Crippen LogP contribution in [-0.2, 0) is 0 Å². The molecule has 0 radical (unpaired) electrons. The fourth-order valence-corrected chi connectivity index (χ4v) is 3.62. The van der Waals surface area contributed by atoms with E-state index in [9.17, 15) is 13.9 Å². The van der Waals surface area contributed by atoms with Crippen molar-refractivity contribution in [3.63, 3.8) is 0 Å². The van der Waals surface area contributed by atoms with Crippen LogP contribution in [0, 0.1) is 11.6 Å². The van der Waals surface area contributed by atoms with Gasteiger partial charge in [-0.25, -0.2) is 13.8 Å². The Kier molecular flexibility index (Phi) is 5.21. The Bertz CT molecular complexity index is 1030. The molecule has 4 rings (SSSR count). The molecule has 1 aromatic carbocycles. The van der Waals surface area contributed by atoms with Crippen LogP contribution in [0.2, 0.25) is 0 Å². The highest BCUT2D eigenvalue weighted by Gasteiger charge is 2.19. The maximum atomic E-state index is 14.3. The number of fused-ring (bicyclic) bond motifs is 1. The Labute approximate surface area is 161 Å². The van der Waals surface area contributed by atoms with Gasteiger partial charge in [-0.15, -0.1) is 0 Å². The van der Waals surface area contributed by atoms with Crippen molar-refractivity contribution >= 4 is 16.6 Å². The van der Waals surface area contributed by atoms with Gasteiger partial charge in [0.25, 0.3) is 0 Å². The molecule has 1 aliphatic rings. The Morgan fingerprint density at radius 2 is 2.07 bits per heavy atom. The quantitative estimate of drug-likeness (QED) is 0.632. The predicted octanol–water partition coefficient (Wildman–Crippen LogP) is 2.95. The van der Waals surface area contributed by atoms with Crippen LogP contribution in [0.3, 0.4) is 0 Å². The fourth-order valence-electron chi connectivity index (χ4n) is 3.62. The van der Waals surface area contributed by atoms with Crippen molar-refractivity contribution in [1.82, 2.24) is 14.9 Å². The van der Waals surface area contributed by atoms with E-state index in [0.29, 0.717) is 24.3 Å². The number of aliphatic hydroxyl groups is 2. The number of hydrogen-bond acceptors (Lipinski definition) is 4. The van der Waals surface area contributed by atoms with E-state index in [4.69, 9.17) is 5.11 Å². The van der Waals surface area contributed by atoms with Gasteiger partial charge in [0.05, 0.1) is 12.7 Å². The summed E-state index contributed by atoms with van der Waals surface area (Å²) >= 11 is 0. The molecule has 0 saturated carbocycles. The molecule has 0 saturated heterocycles. The van der Waals surface area contributed by atoms with Crippen LogP contribution in [-0.4, -0.2) is 57.4 Å². The summed E-state index contributed by atoms with van der Waals surface area (Å²) < 4.78 is 28.0. The van der Waals surface area contributed by atoms with E-state index in [1.54, 1.807) is 18.3 Å². The minimum atomic E-state index is -0.877. The number of nitrogens with one attached hydrogen (secondary N) is 1. The number of benzene rings is 1. The van der Waals surface area contributed by atoms with E-state index in [0.717, 1.165) is 35.7 Å². The number of aromatic nitrogens is 2. The molecule has 0 bridgehead atoms. The number of β-amino-alcohol motifs (C(OH)–C–C–N with tert-alkyl or cyclic N) is 1. The molecule has 146 valence electrons. The summed E-state index contributed by atoms with van der Waals surface area (Å²) in [7, 11) is 0. The molecule has 0 amide bonds. The van der Waals surface area contributed by atoms with E-state index < -0.39 is 17.7 Å². The molecule has 3 heterocycles. The summed E-state index contributed by atoms with van der Waals surface area (Å²) in [6.07, 6.45) is 3.68. The van der Waals surface area contributed by atoms with Crippen LogP contribution in [0.25, 0.3) is 27.7 Å². The lowest BCUT2D eigenvalue weighted by atomic mass is 10.0. The van der Waals surface area contributed by atoms with Gasteiger partial charge in [0.15, 0.2) is 11.6 Å². The van der Waals surface area contributed by atoms with Crippen LogP contribution in [0.1, 0.15) is 12.1 Å². The van der Waals surface area contributed by atoms with Crippen LogP contribution in [0.4, 0.5) is 8.78 Å². The minimum Gasteiger partial charge on any atom is -0.394 e. The maximum Gasteiger partial charge on any atom is 0.166 e. The second-order valence-corrected chi connectivity index (χ2v) is 6.98. The van der Waals surface area contributed by atoms with Gasteiger partial charge in [-0.1, -0.05) is 18.2 Å². The molecule has 5 nitrogen and oxygen atoms in total. The number of aliphatic hydroxyl groups excluding tert-OH is 2. The van der Waals surface area contributed by atoms with E-state index in [-0.39, 0.29) is 12.2 Å². The summed E-state index contributed by atoms with van der Waals surface area (Å²) in [5, 5.41) is 19.3. The number of rotatable bonds is 5. The zero-order valence-corrected chi connectivity index (χ0v) is 15.2. The third-order valence-corrected chi connectivity index (χ3v) is 5.09. The largest absolute Gasteiger partial charge is 0.394 e. The minimum absolute atomic E-state index is 0.208. The molecule has 7 heteroatoms. The average Bonchev–Trinajstić information content (AvgIpc) is 3.15. The highest BCUT2D eigenvalue weighted by molar-refractivity contribution is 5.95. The number of hydrogen-bond donors (Lipinski definition) is 3. The summed E-state index contributed by atoms with van der Waals surface area (Å²) in [6.45, 7) is 1.61. The van der Waals surface area contributed by atoms with Gasteiger partial charge in [-0.3, -0.25) is 4.90 Å². The molecular weight excluding hydrogens is 364 g/mol. The summed E-state index contributed by atoms with van der Waals surface area (Å²) in [4.78, 5) is 9.67. The topological polar surface area (TPSA) is 72.4 Å². The van der Waals surface area contributed by atoms with Crippen molar-refractivity contribution in [2.75, 3.05) is 26.2 Å². The van der Waals surface area contributed by atoms with Gasteiger partial charge < -0.3 is 15.2 Å². The van der Waals surface area contributed by atoms with Crippen molar-refractivity contribution in [1.29, 1.82) is 0 Å². The number of pyridine rings is 1. The van der Waals surface area contributed by atoms with Gasteiger partial charge in [0, 0.05) is 42.5 Å². The monoisotopic (exact) mass is 385 g/mol. The van der Waals surface area contributed by atoms with Gasteiger partial charge in [-0.05, 0) is 35.8 Å². The fraction of sp³-hybridized carbons (Fsp3) is 0.286. The highest BCUT2D eigenvalue weighted by Crippen LogP contribution is 2.33. The normalized spacial score (nSPS) is 16.4. The Morgan fingerprint density at radius 1 is 1.21 bits per heavy atom. The molecule has 1 atom stereocenters. The molecule has 28 heavy (non-hydrogen) atoms. The standard InChI is InChI=1S/C21H21F2N3O2/c22-18-3-1-2-16(20(18)23)15-4-7-24-21-17(15)10-19(25-21)13-5-8-26(9-6-13)11-14(28)12-27/h1-5,7,10,14,27-28H,6,8-9,11-12H2,(H,24,25). The van der Waals surface area contributed by atoms with Gasteiger partial charge in [-0.2, -0.15) is 0 Å². The number of nitrogens with zero attached hydrogens (tertiary/aromatic N) is 2. The molecule has 0 fully saturated rings.